The van der Waals surface area contributed by atoms with Crippen molar-refractivity contribution in [3.05, 3.63) is 53.6 Å². The zero-order valence-electron chi connectivity index (χ0n) is 21.5. The fraction of sp³-hybridized carbons (Fsp3) is 0.444. The van der Waals surface area contributed by atoms with Gasteiger partial charge in [0.25, 0.3) is 5.91 Å². The lowest BCUT2D eigenvalue weighted by molar-refractivity contribution is -0.127. The van der Waals surface area contributed by atoms with Crippen molar-refractivity contribution < 1.29 is 27.5 Å². The first-order valence-corrected chi connectivity index (χ1v) is 15.3. The number of hydrogen-bond acceptors (Lipinski definition) is 7. The van der Waals surface area contributed by atoms with Gasteiger partial charge in [0, 0.05) is 36.8 Å². The lowest BCUT2D eigenvalue weighted by Crippen LogP contribution is -2.35. The van der Waals surface area contributed by atoms with Gasteiger partial charge in [-0.15, -0.1) is 11.8 Å². The van der Waals surface area contributed by atoms with Gasteiger partial charge < -0.3 is 15.0 Å². The third-order valence-electron chi connectivity index (χ3n) is 6.69. The molecule has 4 rings (SSSR count). The smallest absolute Gasteiger partial charge is 0.339 e. The number of amides is 2. The lowest BCUT2D eigenvalue weighted by Gasteiger charge is -2.26. The zero-order chi connectivity index (χ0) is 27.1. The van der Waals surface area contributed by atoms with E-state index in [2.05, 4.69) is 5.32 Å². The molecule has 2 saturated heterocycles. The normalized spacial score (nSPS) is 16.3. The van der Waals surface area contributed by atoms with Crippen molar-refractivity contribution in [1.29, 1.82) is 0 Å². The first kappa shape index (κ1) is 28.1. The number of sulfonamides is 1. The summed E-state index contributed by atoms with van der Waals surface area (Å²) in [5.74, 6) is -0.992. The number of nitrogens with one attached hydrogen (secondary N) is 1. The van der Waals surface area contributed by atoms with Gasteiger partial charge in [0.1, 0.15) is 0 Å². The number of thioether (sulfide) groups is 1. The van der Waals surface area contributed by atoms with E-state index in [-0.39, 0.29) is 22.1 Å². The first-order chi connectivity index (χ1) is 18.3. The van der Waals surface area contributed by atoms with E-state index in [1.807, 2.05) is 4.90 Å². The molecule has 0 atom stereocenters. The Bertz CT molecular complexity index is 1290. The number of benzene rings is 2. The Hall–Kier alpha value is -2.89. The molecule has 2 aromatic carbocycles. The summed E-state index contributed by atoms with van der Waals surface area (Å²) in [5.41, 5.74) is 1.32. The van der Waals surface area contributed by atoms with Crippen LogP contribution in [0.25, 0.3) is 0 Å². The SMILES string of the molecule is Cc1ccc(S(=O)(=O)N2CCCCC2)cc1NC(=O)COC(=O)c1ccccc1SCC(=O)N1CCCC1. The van der Waals surface area contributed by atoms with E-state index < -0.39 is 28.5 Å². The molecule has 0 radical (unpaired) electrons. The highest BCUT2D eigenvalue weighted by atomic mass is 32.2. The Balaban J connectivity index is 1.35. The van der Waals surface area contributed by atoms with E-state index in [1.54, 1.807) is 37.3 Å². The quantitative estimate of drug-likeness (QED) is 0.368. The van der Waals surface area contributed by atoms with Crippen molar-refractivity contribution >= 4 is 45.3 Å². The van der Waals surface area contributed by atoms with Gasteiger partial charge in [-0.25, -0.2) is 13.2 Å². The fourth-order valence-electron chi connectivity index (χ4n) is 4.50. The Kier molecular flexibility index (Phi) is 9.45. The van der Waals surface area contributed by atoms with Crippen LogP contribution in [0.15, 0.2) is 52.3 Å². The van der Waals surface area contributed by atoms with Gasteiger partial charge in [0.2, 0.25) is 15.9 Å². The Morgan fingerprint density at radius 2 is 1.63 bits per heavy atom. The molecule has 0 unspecified atom stereocenters. The second-order valence-electron chi connectivity index (χ2n) is 9.44. The van der Waals surface area contributed by atoms with Crippen molar-refractivity contribution in [2.45, 2.75) is 48.8 Å². The highest BCUT2D eigenvalue weighted by Crippen LogP contribution is 2.26. The average Bonchev–Trinajstić information content (AvgIpc) is 3.47. The predicted octanol–water partition coefficient (Wildman–Crippen LogP) is 3.68. The molecule has 0 aromatic heterocycles. The van der Waals surface area contributed by atoms with E-state index in [1.165, 1.54) is 28.2 Å². The largest absolute Gasteiger partial charge is 0.452 e. The van der Waals surface area contributed by atoms with E-state index >= 15 is 0 Å². The third kappa shape index (κ3) is 6.95. The molecular formula is C27H33N3O6S2. The summed E-state index contributed by atoms with van der Waals surface area (Å²) >= 11 is 1.27. The van der Waals surface area contributed by atoms with Crippen molar-refractivity contribution in [3.63, 3.8) is 0 Å². The highest BCUT2D eigenvalue weighted by Gasteiger charge is 2.27. The maximum atomic E-state index is 13.0. The molecular weight excluding hydrogens is 526 g/mol. The van der Waals surface area contributed by atoms with Crippen molar-refractivity contribution in [1.82, 2.24) is 9.21 Å². The number of rotatable bonds is 9. The molecule has 0 saturated carbocycles. The van der Waals surface area contributed by atoms with Gasteiger partial charge in [-0.05, 0) is 62.4 Å². The number of anilines is 1. The summed E-state index contributed by atoms with van der Waals surface area (Å²) < 4.78 is 32.8. The van der Waals surface area contributed by atoms with Crippen LogP contribution in [-0.4, -0.2) is 73.9 Å². The number of hydrogen-bond donors (Lipinski definition) is 1. The van der Waals surface area contributed by atoms with Crippen LogP contribution >= 0.6 is 11.8 Å². The minimum absolute atomic E-state index is 0.0370. The molecule has 0 spiro atoms. The van der Waals surface area contributed by atoms with E-state index in [0.717, 1.165) is 45.2 Å². The van der Waals surface area contributed by atoms with Crippen LogP contribution < -0.4 is 5.32 Å². The molecule has 2 amide bonds. The molecule has 0 aliphatic carbocycles. The van der Waals surface area contributed by atoms with Gasteiger partial charge in [-0.1, -0.05) is 24.6 Å². The minimum Gasteiger partial charge on any atom is -0.452 e. The number of aryl methyl sites for hydroxylation is 1. The molecule has 11 heteroatoms. The third-order valence-corrected chi connectivity index (χ3v) is 9.64. The van der Waals surface area contributed by atoms with Gasteiger partial charge in [-0.3, -0.25) is 9.59 Å². The standard InChI is InChI=1S/C27H33N3O6S2/c1-20-11-12-21(38(34,35)30-15-5-2-6-16-30)17-23(20)28-25(31)18-36-27(33)22-9-3-4-10-24(22)37-19-26(32)29-13-7-8-14-29/h3-4,9-12,17H,2,5-8,13-16,18-19H2,1H3,(H,28,31). The summed E-state index contributed by atoms with van der Waals surface area (Å²) in [6.07, 6.45) is 4.70. The van der Waals surface area contributed by atoms with Crippen LogP contribution in [0.4, 0.5) is 5.69 Å². The van der Waals surface area contributed by atoms with Crippen LogP contribution in [0, 0.1) is 6.92 Å². The second kappa shape index (κ2) is 12.8. The number of piperidine rings is 1. The number of nitrogens with zero attached hydrogens (tertiary/aromatic N) is 2. The summed E-state index contributed by atoms with van der Waals surface area (Å²) in [6.45, 7) is 3.73. The Morgan fingerprint density at radius 1 is 0.947 bits per heavy atom. The summed E-state index contributed by atoms with van der Waals surface area (Å²) in [7, 11) is -3.65. The average molecular weight is 560 g/mol. The fourth-order valence-corrected chi connectivity index (χ4v) is 6.99. The lowest BCUT2D eigenvalue weighted by atomic mass is 10.2. The highest BCUT2D eigenvalue weighted by molar-refractivity contribution is 8.00. The number of esters is 1. The molecule has 2 aliphatic heterocycles. The van der Waals surface area contributed by atoms with Crippen LogP contribution in [0.3, 0.4) is 0 Å². The topological polar surface area (TPSA) is 113 Å². The second-order valence-corrected chi connectivity index (χ2v) is 12.4. The minimum atomic E-state index is -3.65. The van der Waals surface area contributed by atoms with E-state index in [0.29, 0.717) is 29.2 Å². The van der Waals surface area contributed by atoms with Crippen molar-refractivity contribution in [3.8, 4) is 0 Å². The van der Waals surface area contributed by atoms with E-state index in [9.17, 15) is 22.8 Å². The van der Waals surface area contributed by atoms with Crippen LogP contribution in [0.1, 0.15) is 48.0 Å². The van der Waals surface area contributed by atoms with Crippen molar-refractivity contribution in [2.24, 2.45) is 0 Å². The summed E-state index contributed by atoms with van der Waals surface area (Å²) in [4.78, 5) is 40.3. The molecule has 0 bridgehead atoms. The number of carbonyl (C=O) groups is 3. The maximum absolute atomic E-state index is 13.0. The van der Waals surface area contributed by atoms with Gasteiger partial charge in [0.15, 0.2) is 6.61 Å². The monoisotopic (exact) mass is 559 g/mol. The van der Waals surface area contributed by atoms with Gasteiger partial charge >= 0.3 is 5.97 Å². The molecule has 38 heavy (non-hydrogen) atoms. The molecule has 2 fully saturated rings. The summed E-state index contributed by atoms with van der Waals surface area (Å²) in [5, 5.41) is 2.66. The van der Waals surface area contributed by atoms with Crippen LogP contribution in [0.5, 0.6) is 0 Å². The molecule has 2 aromatic rings. The molecule has 9 nitrogen and oxygen atoms in total. The molecule has 2 aliphatic rings. The first-order valence-electron chi connectivity index (χ1n) is 12.8. The van der Waals surface area contributed by atoms with E-state index in [4.69, 9.17) is 4.74 Å². The Labute approximate surface area is 228 Å². The van der Waals surface area contributed by atoms with Gasteiger partial charge in [0.05, 0.1) is 16.2 Å². The van der Waals surface area contributed by atoms with Crippen LogP contribution in [-0.2, 0) is 24.3 Å². The molecule has 204 valence electrons. The van der Waals surface area contributed by atoms with Crippen molar-refractivity contribution in [2.75, 3.05) is 43.9 Å². The van der Waals surface area contributed by atoms with Crippen LogP contribution in [0.2, 0.25) is 0 Å². The maximum Gasteiger partial charge on any atom is 0.339 e. The predicted molar refractivity (Wildman–Crippen MR) is 146 cm³/mol. The number of carbonyl (C=O) groups excluding carboxylic acids is 3. The van der Waals surface area contributed by atoms with Gasteiger partial charge in [-0.2, -0.15) is 4.31 Å². The zero-order valence-corrected chi connectivity index (χ0v) is 23.1. The number of likely N-dealkylation sites (tertiary alicyclic amines) is 1. The molecule has 2 heterocycles. The summed E-state index contributed by atoms with van der Waals surface area (Å²) in [6, 6.07) is 11.5. The number of ether oxygens (including phenoxy) is 1. The molecule has 1 N–H and O–H groups in total. The Morgan fingerprint density at radius 3 is 2.37 bits per heavy atom.